The predicted octanol–water partition coefficient (Wildman–Crippen LogP) is 1.88. The second-order valence-corrected chi connectivity index (χ2v) is 9.55. The number of aromatic amines is 1. The van der Waals surface area contributed by atoms with Crippen LogP contribution in [0.3, 0.4) is 0 Å². The zero-order valence-electron chi connectivity index (χ0n) is 15.1. The lowest BCUT2D eigenvalue weighted by Crippen LogP contribution is -2.61. The maximum atomic E-state index is 13.0. The van der Waals surface area contributed by atoms with Gasteiger partial charge in [-0.3, -0.25) is 4.40 Å². The fourth-order valence-electron chi connectivity index (χ4n) is 4.44. The molecule has 11 heteroatoms. The number of hydrogen-bond donors (Lipinski definition) is 2. The molecule has 1 aliphatic carbocycles. The van der Waals surface area contributed by atoms with Crippen molar-refractivity contribution in [1.29, 1.82) is 0 Å². The third-order valence-corrected chi connectivity index (χ3v) is 7.37. The Labute approximate surface area is 160 Å². The molecule has 0 radical (unpaired) electrons. The van der Waals surface area contributed by atoms with E-state index in [-0.39, 0.29) is 17.9 Å². The lowest BCUT2D eigenvalue weighted by molar-refractivity contribution is -0.0950. The molecule has 3 aromatic heterocycles. The van der Waals surface area contributed by atoms with Crippen LogP contribution < -0.4 is 4.72 Å². The molecule has 28 heavy (non-hydrogen) atoms. The van der Waals surface area contributed by atoms with Crippen LogP contribution >= 0.6 is 0 Å². The molecule has 1 saturated heterocycles. The molecule has 8 nitrogen and oxygen atoms in total. The highest BCUT2D eigenvalue weighted by Gasteiger charge is 2.50. The molecule has 4 heterocycles. The summed E-state index contributed by atoms with van der Waals surface area (Å²) in [7, 11) is -3.90. The fourth-order valence-corrected chi connectivity index (χ4v) is 5.92. The Morgan fingerprint density at radius 1 is 1.25 bits per heavy atom. The Morgan fingerprint density at radius 2 is 2.04 bits per heavy atom. The van der Waals surface area contributed by atoms with Crippen molar-refractivity contribution in [3.8, 4) is 0 Å². The number of fused-ring (bicyclic) bond motifs is 3. The number of halogens is 2. The molecule has 3 unspecified atom stereocenters. The van der Waals surface area contributed by atoms with Crippen LogP contribution in [0.4, 0.5) is 8.78 Å². The van der Waals surface area contributed by atoms with Crippen molar-refractivity contribution in [3.63, 3.8) is 0 Å². The predicted molar refractivity (Wildman–Crippen MR) is 98.3 cm³/mol. The number of alkyl halides is 2. The van der Waals surface area contributed by atoms with E-state index in [4.69, 9.17) is 0 Å². The van der Waals surface area contributed by atoms with Gasteiger partial charge in [-0.2, -0.15) is 17.4 Å². The highest BCUT2D eigenvalue weighted by atomic mass is 32.2. The van der Waals surface area contributed by atoms with Crippen molar-refractivity contribution in [1.82, 2.24) is 28.4 Å². The van der Waals surface area contributed by atoms with Crippen LogP contribution in [0.2, 0.25) is 0 Å². The molecule has 3 atom stereocenters. The molecule has 2 fully saturated rings. The summed E-state index contributed by atoms with van der Waals surface area (Å²) in [6.45, 7) is 0.575. The molecular weight excluding hydrogens is 390 g/mol. The number of hydrogen-bond acceptors (Lipinski definition) is 4. The Balaban J connectivity index is 1.40. The van der Waals surface area contributed by atoms with Gasteiger partial charge >= 0.3 is 0 Å². The Kier molecular flexibility index (Phi) is 3.81. The first kappa shape index (κ1) is 18.0. The van der Waals surface area contributed by atoms with Gasteiger partial charge in [0, 0.05) is 30.0 Å². The average molecular weight is 410 g/mol. The normalized spacial score (nSPS) is 28.2. The van der Waals surface area contributed by atoms with E-state index in [0.29, 0.717) is 12.8 Å². The molecule has 2 N–H and O–H groups in total. The summed E-state index contributed by atoms with van der Waals surface area (Å²) in [5, 5.41) is 0. The van der Waals surface area contributed by atoms with Gasteiger partial charge in [0.2, 0.25) is 0 Å². The SMILES string of the molecule is CC1CC(NS(=O)(=O)N2CC(F)(F)C2)CC1c1cnc2cnc3[nH]ccc3n12. The second kappa shape index (κ2) is 5.94. The Morgan fingerprint density at radius 3 is 2.79 bits per heavy atom. The van der Waals surface area contributed by atoms with Crippen molar-refractivity contribution >= 4 is 27.0 Å². The van der Waals surface area contributed by atoms with Gasteiger partial charge in [-0.25, -0.2) is 18.7 Å². The first-order valence-electron chi connectivity index (χ1n) is 9.18. The van der Waals surface area contributed by atoms with E-state index < -0.39 is 29.2 Å². The van der Waals surface area contributed by atoms with Gasteiger partial charge in [-0.05, 0) is 24.8 Å². The summed E-state index contributed by atoms with van der Waals surface area (Å²) >= 11 is 0. The minimum atomic E-state index is -3.90. The van der Waals surface area contributed by atoms with Gasteiger partial charge in [0.1, 0.15) is 0 Å². The first-order valence-corrected chi connectivity index (χ1v) is 10.6. The maximum Gasteiger partial charge on any atom is 0.280 e. The smallest absolute Gasteiger partial charge is 0.280 e. The van der Waals surface area contributed by atoms with E-state index in [1.54, 1.807) is 6.20 Å². The molecule has 3 aromatic rings. The van der Waals surface area contributed by atoms with Crippen molar-refractivity contribution in [2.45, 2.75) is 37.6 Å². The van der Waals surface area contributed by atoms with E-state index in [0.717, 1.165) is 26.8 Å². The second-order valence-electron chi connectivity index (χ2n) is 7.85. The molecule has 0 amide bonds. The topological polar surface area (TPSA) is 95.4 Å². The number of nitrogens with one attached hydrogen (secondary N) is 2. The minimum absolute atomic E-state index is 0.0982. The minimum Gasteiger partial charge on any atom is -0.345 e. The van der Waals surface area contributed by atoms with Crippen LogP contribution in [0, 0.1) is 5.92 Å². The summed E-state index contributed by atoms with van der Waals surface area (Å²) in [6.07, 6.45) is 6.57. The van der Waals surface area contributed by atoms with Gasteiger partial charge in [-0.1, -0.05) is 6.92 Å². The van der Waals surface area contributed by atoms with E-state index in [9.17, 15) is 17.2 Å². The molecule has 0 spiro atoms. The van der Waals surface area contributed by atoms with Gasteiger partial charge in [0.25, 0.3) is 16.1 Å². The number of imidazole rings is 1. The van der Waals surface area contributed by atoms with Crippen LogP contribution in [0.1, 0.15) is 31.4 Å². The lowest BCUT2D eigenvalue weighted by Gasteiger charge is -2.37. The van der Waals surface area contributed by atoms with Crippen LogP contribution in [-0.4, -0.2) is 57.1 Å². The standard InChI is InChI=1S/C17H20F2N6O2S/c1-10-4-11(23-28(26,27)24-8-17(18,19)9-24)5-12(10)14-6-21-15-7-22-16-13(25(14)15)2-3-20-16/h2-3,6-7,10-12,20,23H,4-5,8-9H2,1H3. The maximum absolute atomic E-state index is 13.0. The molecule has 5 rings (SSSR count). The first-order chi connectivity index (χ1) is 13.2. The van der Waals surface area contributed by atoms with E-state index in [1.807, 2.05) is 22.9 Å². The summed E-state index contributed by atoms with van der Waals surface area (Å²) in [4.78, 5) is 11.9. The van der Waals surface area contributed by atoms with E-state index in [2.05, 4.69) is 26.6 Å². The van der Waals surface area contributed by atoms with Crippen molar-refractivity contribution in [3.05, 3.63) is 30.4 Å². The van der Waals surface area contributed by atoms with Gasteiger partial charge < -0.3 is 4.98 Å². The summed E-state index contributed by atoms with van der Waals surface area (Å²) in [5.74, 6) is -2.61. The zero-order chi connectivity index (χ0) is 19.7. The molecular formula is C17H20F2N6O2S. The summed E-state index contributed by atoms with van der Waals surface area (Å²) in [5.41, 5.74) is 3.42. The molecule has 0 bridgehead atoms. The van der Waals surface area contributed by atoms with E-state index >= 15 is 0 Å². The lowest BCUT2D eigenvalue weighted by atomic mass is 9.95. The van der Waals surface area contributed by atoms with Crippen molar-refractivity contribution in [2.24, 2.45) is 5.92 Å². The molecule has 2 aliphatic rings. The van der Waals surface area contributed by atoms with Crippen LogP contribution in [-0.2, 0) is 10.2 Å². The van der Waals surface area contributed by atoms with Crippen molar-refractivity contribution in [2.75, 3.05) is 13.1 Å². The highest BCUT2D eigenvalue weighted by Crippen LogP contribution is 2.41. The van der Waals surface area contributed by atoms with Crippen LogP contribution in [0.15, 0.2) is 24.7 Å². The zero-order valence-corrected chi connectivity index (χ0v) is 16.0. The quantitative estimate of drug-likeness (QED) is 0.687. The number of rotatable bonds is 4. The summed E-state index contributed by atoms with van der Waals surface area (Å²) in [6, 6.07) is 1.64. The van der Waals surface area contributed by atoms with Crippen LogP contribution in [0.5, 0.6) is 0 Å². The van der Waals surface area contributed by atoms with Gasteiger partial charge in [-0.15, -0.1) is 0 Å². The monoisotopic (exact) mass is 410 g/mol. The van der Waals surface area contributed by atoms with Gasteiger partial charge in [0.05, 0.1) is 24.8 Å². The Bertz CT molecular complexity index is 1150. The highest BCUT2D eigenvalue weighted by molar-refractivity contribution is 7.87. The molecule has 150 valence electrons. The third kappa shape index (κ3) is 2.80. The number of aromatic nitrogens is 4. The largest absolute Gasteiger partial charge is 0.345 e. The van der Waals surface area contributed by atoms with E-state index in [1.165, 1.54) is 0 Å². The third-order valence-electron chi connectivity index (χ3n) is 5.80. The summed E-state index contributed by atoms with van der Waals surface area (Å²) < 4.78 is 56.3. The molecule has 0 aromatic carbocycles. The van der Waals surface area contributed by atoms with Crippen LogP contribution in [0.25, 0.3) is 16.8 Å². The molecule has 1 aliphatic heterocycles. The fraction of sp³-hybridized carbons (Fsp3) is 0.529. The van der Waals surface area contributed by atoms with Gasteiger partial charge in [0.15, 0.2) is 11.3 Å². The number of nitrogens with zero attached hydrogens (tertiary/aromatic N) is 4. The number of H-pyrrole nitrogens is 1. The average Bonchev–Trinajstić information content (AvgIpc) is 3.29. The molecule has 1 saturated carbocycles. The van der Waals surface area contributed by atoms with Crippen molar-refractivity contribution < 1.29 is 17.2 Å². The Hall–Kier alpha value is -2.11.